The van der Waals surface area contributed by atoms with Crippen molar-refractivity contribution in [2.24, 2.45) is 11.8 Å². The molecule has 0 amide bonds. The Morgan fingerprint density at radius 3 is 2.29 bits per heavy atom. The lowest BCUT2D eigenvalue weighted by atomic mass is 9.81. The zero-order valence-corrected chi connectivity index (χ0v) is 11.7. The fourth-order valence-corrected chi connectivity index (χ4v) is 3.13. The maximum Gasteiger partial charge on any atom is 0.0700 e. The zero-order valence-electron chi connectivity index (χ0n) is 11.7. The highest BCUT2D eigenvalue weighted by molar-refractivity contribution is 4.82. The van der Waals surface area contributed by atoms with Gasteiger partial charge in [-0.1, -0.05) is 20.8 Å². The minimum absolute atomic E-state index is 0.429. The number of hydrogen-bond donors (Lipinski definition) is 1. The Morgan fingerprint density at radius 2 is 1.76 bits per heavy atom. The van der Waals surface area contributed by atoms with Crippen LogP contribution in [0.25, 0.3) is 0 Å². The molecule has 2 fully saturated rings. The van der Waals surface area contributed by atoms with Crippen LogP contribution >= 0.6 is 0 Å². The van der Waals surface area contributed by atoms with E-state index in [1.807, 2.05) is 0 Å². The van der Waals surface area contributed by atoms with Gasteiger partial charge in [0.25, 0.3) is 0 Å². The van der Waals surface area contributed by atoms with Gasteiger partial charge < -0.3 is 10.1 Å². The van der Waals surface area contributed by atoms with Gasteiger partial charge in [-0.2, -0.15) is 0 Å². The quantitative estimate of drug-likeness (QED) is 0.767. The number of ether oxygens (including phenoxy) is 1. The van der Waals surface area contributed by atoms with Gasteiger partial charge in [-0.3, -0.25) is 0 Å². The molecule has 3 unspecified atom stereocenters. The summed E-state index contributed by atoms with van der Waals surface area (Å²) >= 11 is 0. The predicted octanol–water partition coefficient (Wildman–Crippen LogP) is 3.36. The molecule has 0 radical (unpaired) electrons. The average Bonchev–Trinajstić information content (AvgIpc) is 3.06. The molecule has 0 bridgehead atoms. The molecule has 0 saturated heterocycles. The molecule has 0 aliphatic heterocycles. The molecule has 0 aromatic heterocycles. The zero-order chi connectivity index (χ0) is 12.3. The Balaban J connectivity index is 1.71. The Hall–Kier alpha value is -0.0800. The first-order valence-corrected chi connectivity index (χ1v) is 7.56. The molecule has 2 aliphatic carbocycles. The van der Waals surface area contributed by atoms with Crippen molar-refractivity contribution in [1.82, 2.24) is 5.32 Å². The Kier molecular flexibility index (Phi) is 4.87. The van der Waals surface area contributed by atoms with Gasteiger partial charge in [0, 0.05) is 12.6 Å². The van der Waals surface area contributed by atoms with Crippen LogP contribution in [0.4, 0.5) is 0 Å². The number of nitrogens with one attached hydrogen (secondary N) is 1. The van der Waals surface area contributed by atoms with Crippen LogP contribution in [-0.4, -0.2) is 24.8 Å². The molecule has 2 heteroatoms. The molecule has 0 aromatic carbocycles. The van der Waals surface area contributed by atoms with Crippen LogP contribution < -0.4 is 5.32 Å². The average molecular weight is 239 g/mol. The number of hydrogen-bond acceptors (Lipinski definition) is 2. The van der Waals surface area contributed by atoms with E-state index in [1.54, 1.807) is 0 Å². The SMILES string of the molecule is CCC(CNC1CC1)OC1CC(C)CC(C)C1. The van der Waals surface area contributed by atoms with E-state index in [1.165, 1.54) is 32.1 Å². The Bertz CT molecular complexity index is 217. The van der Waals surface area contributed by atoms with Crippen molar-refractivity contribution in [3.8, 4) is 0 Å². The van der Waals surface area contributed by atoms with E-state index in [9.17, 15) is 0 Å². The van der Waals surface area contributed by atoms with Crippen molar-refractivity contribution >= 4 is 0 Å². The summed E-state index contributed by atoms with van der Waals surface area (Å²) in [4.78, 5) is 0. The molecule has 1 N–H and O–H groups in total. The summed E-state index contributed by atoms with van der Waals surface area (Å²) in [6, 6.07) is 0.803. The van der Waals surface area contributed by atoms with Crippen LogP contribution in [0.15, 0.2) is 0 Å². The first-order chi connectivity index (χ1) is 8.17. The first-order valence-electron chi connectivity index (χ1n) is 7.56. The van der Waals surface area contributed by atoms with Crippen LogP contribution in [-0.2, 0) is 4.74 Å². The standard InChI is InChI=1S/C15H29NO/c1-4-14(10-16-13-5-6-13)17-15-8-11(2)7-12(3)9-15/h11-16H,4-10H2,1-3H3. The van der Waals surface area contributed by atoms with Gasteiger partial charge in [0.15, 0.2) is 0 Å². The predicted molar refractivity (Wildman–Crippen MR) is 72.2 cm³/mol. The lowest BCUT2D eigenvalue weighted by molar-refractivity contribution is -0.0491. The molecule has 0 aromatic rings. The van der Waals surface area contributed by atoms with Crippen molar-refractivity contribution < 1.29 is 4.74 Å². The third kappa shape index (κ3) is 4.59. The fourth-order valence-electron chi connectivity index (χ4n) is 3.13. The van der Waals surface area contributed by atoms with Crippen molar-refractivity contribution in [3.05, 3.63) is 0 Å². The lowest BCUT2D eigenvalue weighted by Gasteiger charge is -2.34. The summed E-state index contributed by atoms with van der Waals surface area (Å²) in [5, 5.41) is 3.59. The van der Waals surface area contributed by atoms with Gasteiger partial charge in [-0.15, -0.1) is 0 Å². The molecule has 17 heavy (non-hydrogen) atoms. The second kappa shape index (κ2) is 6.19. The summed E-state index contributed by atoms with van der Waals surface area (Å²) in [5.41, 5.74) is 0. The summed E-state index contributed by atoms with van der Waals surface area (Å²) in [5.74, 6) is 1.69. The minimum Gasteiger partial charge on any atom is -0.374 e. The largest absolute Gasteiger partial charge is 0.374 e. The van der Waals surface area contributed by atoms with E-state index >= 15 is 0 Å². The van der Waals surface area contributed by atoms with Gasteiger partial charge in [-0.05, 0) is 50.4 Å². The molecule has 2 aliphatic rings. The third-order valence-electron chi connectivity index (χ3n) is 4.19. The van der Waals surface area contributed by atoms with Crippen LogP contribution in [0, 0.1) is 11.8 Å². The minimum atomic E-state index is 0.429. The van der Waals surface area contributed by atoms with E-state index in [-0.39, 0.29) is 0 Å². The Morgan fingerprint density at radius 1 is 1.12 bits per heavy atom. The molecule has 2 nitrogen and oxygen atoms in total. The topological polar surface area (TPSA) is 21.3 Å². The maximum atomic E-state index is 6.30. The van der Waals surface area contributed by atoms with E-state index in [0.29, 0.717) is 12.2 Å². The summed E-state index contributed by atoms with van der Waals surface area (Å²) in [6.45, 7) is 8.04. The molecule has 0 spiro atoms. The third-order valence-corrected chi connectivity index (χ3v) is 4.19. The second-order valence-electron chi connectivity index (χ2n) is 6.39. The van der Waals surface area contributed by atoms with Crippen molar-refractivity contribution in [2.75, 3.05) is 6.54 Å². The highest BCUT2D eigenvalue weighted by atomic mass is 16.5. The van der Waals surface area contributed by atoms with E-state index in [4.69, 9.17) is 4.74 Å². The van der Waals surface area contributed by atoms with Crippen LogP contribution in [0.2, 0.25) is 0 Å². The smallest absolute Gasteiger partial charge is 0.0700 e. The monoisotopic (exact) mass is 239 g/mol. The second-order valence-corrected chi connectivity index (χ2v) is 6.39. The highest BCUT2D eigenvalue weighted by Gasteiger charge is 2.27. The normalized spacial score (nSPS) is 35.8. The molecule has 0 heterocycles. The van der Waals surface area contributed by atoms with E-state index in [2.05, 4.69) is 26.1 Å². The summed E-state index contributed by atoms with van der Waals surface area (Å²) < 4.78 is 6.30. The van der Waals surface area contributed by atoms with Crippen LogP contribution in [0.1, 0.15) is 59.3 Å². The Labute approximate surface area is 107 Å². The van der Waals surface area contributed by atoms with Crippen molar-refractivity contribution in [3.63, 3.8) is 0 Å². The van der Waals surface area contributed by atoms with Gasteiger partial charge in [-0.25, -0.2) is 0 Å². The summed E-state index contributed by atoms with van der Waals surface area (Å²) in [6.07, 6.45) is 8.74. The maximum absolute atomic E-state index is 6.30. The molecule has 3 atom stereocenters. The highest BCUT2D eigenvalue weighted by Crippen LogP contribution is 2.31. The van der Waals surface area contributed by atoms with Gasteiger partial charge >= 0.3 is 0 Å². The van der Waals surface area contributed by atoms with E-state index < -0.39 is 0 Å². The van der Waals surface area contributed by atoms with Gasteiger partial charge in [0.1, 0.15) is 0 Å². The van der Waals surface area contributed by atoms with Crippen LogP contribution in [0.5, 0.6) is 0 Å². The summed E-state index contributed by atoms with van der Waals surface area (Å²) in [7, 11) is 0. The molecule has 2 saturated carbocycles. The first kappa shape index (κ1) is 13.4. The number of rotatable bonds is 6. The van der Waals surface area contributed by atoms with Crippen molar-refractivity contribution in [2.45, 2.75) is 77.5 Å². The molecule has 100 valence electrons. The van der Waals surface area contributed by atoms with Crippen molar-refractivity contribution in [1.29, 1.82) is 0 Å². The van der Waals surface area contributed by atoms with E-state index in [0.717, 1.165) is 30.8 Å². The van der Waals surface area contributed by atoms with Gasteiger partial charge in [0.05, 0.1) is 12.2 Å². The molecular formula is C15H29NO. The molecular weight excluding hydrogens is 210 g/mol. The van der Waals surface area contributed by atoms with Crippen LogP contribution in [0.3, 0.4) is 0 Å². The van der Waals surface area contributed by atoms with Gasteiger partial charge in [0.2, 0.25) is 0 Å². The fraction of sp³-hybridized carbons (Fsp3) is 1.00. The lowest BCUT2D eigenvalue weighted by Crippen LogP contribution is -2.36. The molecule has 2 rings (SSSR count).